The van der Waals surface area contributed by atoms with Crippen LogP contribution >= 0.6 is 0 Å². The number of nitrogens with zero attached hydrogens (tertiary/aromatic N) is 6. The van der Waals surface area contributed by atoms with Crippen LogP contribution in [0.3, 0.4) is 0 Å². The number of furan rings is 3. The smallest absolute Gasteiger partial charge is 0.216 e. The molecular formula is C80H85N6O3+3. The maximum atomic E-state index is 9.21. The topological polar surface area (TPSA) is 64.1 Å². The van der Waals surface area contributed by atoms with Crippen molar-refractivity contribution in [3.63, 3.8) is 0 Å². The fourth-order valence-electron chi connectivity index (χ4n) is 12.0. The number of fused-ring (bicyclic) bond motifs is 9. The first-order valence-electron chi connectivity index (χ1n) is 39.3. The van der Waals surface area contributed by atoms with Gasteiger partial charge in [0.25, 0.3) is 0 Å². The van der Waals surface area contributed by atoms with Crippen molar-refractivity contribution in [3.8, 4) is 33.8 Å². The van der Waals surface area contributed by atoms with E-state index in [1.54, 1.807) is 134 Å². The molecule has 12 aromatic rings. The molecule has 450 valence electrons. The zero-order chi connectivity index (χ0) is 81.6. The molecule has 9 heteroatoms. The van der Waals surface area contributed by atoms with Gasteiger partial charge < -0.3 is 13.3 Å². The summed E-state index contributed by atoms with van der Waals surface area (Å²) in [6.07, 6.45) is -4.10. The lowest BCUT2D eigenvalue weighted by atomic mass is 9.92. The number of hydrogen-bond acceptors (Lipinski definition) is 3. The van der Waals surface area contributed by atoms with E-state index in [-0.39, 0.29) is 57.1 Å². The number of hydrogen-bond donors (Lipinski definition) is 0. The quantitative estimate of drug-likeness (QED) is 0.112. The first-order chi connectivity index (χ1) is 50.2. The van der Waals surface area contributed by atoms with Crippen molar-refractivity contribution in [3.05, 3.63) is 209 Å². The van der Waals surface area contributed by atoms with Gasteiger partial charge in [0.2, 0.25) is 17.1 Å². The van der Waals surface area contributed by atoms with E-state index < -0.39 is 57.9 Å². The van der Waals surface area contributed by atoms with Gasteiger partial charge in [-0.15, -0.1) is 0 Å². The molecule has 6 aromatic heterocycles. The summed E-state index contributed by atoms with van der Waals surface area (Å²) in [4.78, 5) is 10.6. The minimum absolute atomic E-state index is 0.0270. The Morgan fingerprint density at radius 3 is 1.53 bits per heavy atom. The molecule has 0 saturated carbocycles. The number of benzene rings is 6. The highest BCUT2D eigenvalue weighted by Gasteiger charge is 2.30. The Labute approximate surface area is 554 Å². The van der Waals surface area contributed by atoms with Gasteiger partial charge in [0.05, 0.1) is 40.5 Å². The van der Waals surface area contributed by atoms with Crippen LogP contribution in [0, 0.1) is 114 Å². The van der Waals surface area contributed by atoms with Crippen LogP contribution in [-0.4, -0.2) is 0 Å². The monoisotopic (exact) mass is 1200 g/mol. The molecule has 6 aromatic carbocycles. The molecule has 1 unspecified atom stereocenters. The summed E-state index contributed by atoms with van der Waals surface area (Å²) in [5.41, 5.74) is 12.4. The molecule has 0 fully saturated rings. The fraction of sp³-hybridized carbons (Fsp3) is 0.325. The Morgan fingerprint density at radius 1 is 0.472 bits per heavy atom. The molecule has 0 amide bonds. The van der Waals surface area contributed by atoms with Crippen molar-refractivity contribution in [2.45, 2.75) is 143 Å². The number of pyridine rings is 3. The van der Waals surface area contributed by atoms with E-state index >= 15 is 0 Å². The summed E-state index contributed by atoms with van der Waals surface area (Å²) >= 11 is 0. The summed E-state index contributed by atoms with van der Waals surface area (Å²) < 4.78 is 193. The van der Waals surface area contributed by atoms with Gasteiger partial charge in [-0.25, -0.2) is 14.5 Å². The van der Waals surface area contributed by atoms with Gasteiger partial charge >= 0.3 is 0 Å². The van der Waals surface area contributed by atoms with E-state index in [0.717, 1.165) is 43.8 Å². The first-order valence-corrected chi connectivity index (χ1v) is 29.3. The standard InChI is InChI=1S/2C27H29N2O.C26H27N2O/c1-15(2)11-20-13-24(29(8)19(6)18(20)5)26-16(3)9-10-21-22-12-17(4)23(28-7)14-25(22)30-27(21)26;1-15(2)13-20-14-24(29(8)19(6)17(20)4)25-16(3)9-10-22-21-11-12-23(28-7)18(5)26(21)30-27(22)25;1-14(2)23-17(5)12-21(28(8)18(23)6)25-16(4)11-15(3)24-20-10-9-19(27-7)13-22(20)29-26(24)25/h9-10,12-15H,11H2,1-6,8H3;9-12,14-15H,13H2,1-6,8H3;9-14H,1-6,8H3/q3*+1/i5D3,11D2,13D;4D3,13D2,14D;1D3,3D3,12D,14D. The first kappa shape index (κ1) is 41.7. The second-order valence-corrected chi connectivity index (χ2v) is 23.7. The van der Waals surface area contributed by atoms with E-state index in [9.17, 15) is 2.74 Å². The molecule has 0 radical (unpaired) electrons. The van der Waals surface area contributed by atoms with E-state index in [2.05, 4.69) is 14.5 Å². The van der Waals surface area contributed by atoms with Crippen molar-refractivity contribution < 1.29 is 54.4 Å². The molecule has 0 N–H and O–H groups in total. The summed E-state index contributed by atoms with van der Waals surface area (Å²) in [6.45, 7) is 36.0. The zero-order valence-electron chi connectivity index (χ0n) is 73.5. The Morgan fingerprint density at radius 2 is 0.978 bits per heavy atom. The largest absolute Gasteiger partial charge is 0.456 e. The Bertz CT molecular complexity index is 5910. The van der Waals surface area contributed by atoms with Crippen molar-refractivity contribution in [2.24, 2.45) is 33.0 Å². The van der Waals surface area contributed by atoms with Crippen LogP contribution in [-0.2, 0) is 33.9 Å². The third kappa shape index (κ3) is 11.0. The summed E-state index contributed by atoms with van der Waals surface area (Å²) in [6, 6.07) is 21.1. The van der Waals surface area contributed by atoms with Crippen LogP contribution in [0.1, 0.15) is 159 Å². The normalized spacial score (nSPS) is 16.4. The molecule has 0 aliphatic heterocycles. The maximum absolute atomic E-state index is 9.21. The number of rotatable bonds is 8. The highest BCUT2D eigenvalue weighted by Crippen LogP contribution is 2.44. The predicted molar refractivity (Wildman–Crippen MR) is 368 cm³/mol. The van der Waals surface area contributed by atoms with Gasteiger partial charge in [0.1, 0.15) is 54.6 Å². The molecule has 0 spiro atoms. The van der Waals surface area contributed by atoms with E-state index in [4.69, 9.17) is 57.6 Å². The lowest BCUT2D eigenvalue weighted by molar-refractivity contribution is -0.667. The molecule has 12 rings (SSSR count). The highest BCUT2D eigenvalue weighted by molar-refractivity contribution is 6.14. The van der Waals surface area contributed by atoms with Gasteiger partial charge in [-0.3, -0.25) is 0 Å². The summed E-state index contributed by atoms with van der Waals surface area (Å²) in [5.74, 6) is -3.06. The van der Waals surface area contributed by atoms with Crippen molar-refractivity contribution in [1.29, 1.82) is 0 Å². The lowest BCUT2D eigenvalue weighted by Crippen LogP contribution is -2.37. The maximum Gasteiger partial charge on any atom is 0.216 e. The average molecular weight is 1200 g/mol. The third-order valence-corrected chi connectivity index (χ3v) is 16.9. The van der Waals surface area contributed by atoms with Crippen LogP contribution in [0.5, 0.6) is 0 Å². The van der Waals surface area contributed by atoms with Gasteiger partial charge in [-0.2, -0.15) is 13.7 Å². The Kier molecular flexibility index (Phi) is 11.4. The second kappa shape index (κ2) is 24.3. The molecule has 1 atom stereocenters. The molecule has 0 aliphatic carbocycles. The highest BCUT2D eigenvalue weighted by atomic mass is 16.3. The van der Waals surface area contributed by atoms with Crippen LogP contribution in [0.25, 0.3) is 114 Å². The number of aryl methyl sites for hydroxylation is 6. The van der Waals surface area contributed by atoms with Gasteiger partial charge in [0.15, 0.2) is 34.1 Å². The summed E-state index contributed by atoms with van der Waals surface area (Å²) in [7, 11) is 5.11. The second-order valence-electron chi connectivity index (χ2n) is 23.7. The van der Waals surface area contributed by atoms with Crippen LogP contribution in [0.2, 0.25) is 0 Å². The molecule has 0 aliphatic rings. The molecule has 6 heterocycles. The van der Waals surface area contributed by atoms with E-state index in [1.807, 2.05) is 64.1 Å². The molecule has 9 nitrogen and oxygen atoms in total. The Balaban J connectivity index is 0.000000174. The molecular weight excluding hydrogens is 1090 g/mol. The molecule has 0 bridgehead atoms. The van der Waals surface area contributed by atoms with E-state index in [0.29, 0.717) is 118 Å². The van der Waals surface area contributed by atoms with E-state index in [1.165, 1.54) is 6.92 Å². The molecule has 0 saturated heterocycles. The number of aromatic nitrogens is 3. The van der Waals surface area contributed by atoms with Crippen LogP contribution in [0.15, 0.2) is 104 Å². The van der Waals surface area contributed by atoms with Gasteiger partial charge in [0, 0.05) is 111 Å². The zero-order valence-corrected chi connectivity index (χ0v) is 53.5. The minimum Gasteiger partial charge on any atom is -0.456 e. The van der Waals surface area contributed by atoms with Crippen LogP contribution < -0.4 is 13.7 Å². The van der Waals surface area contributed by atoms with Crippen molar-refractivity contribution in [1.82, 2.24) is 0 Å². The minimum atomic E-state index is -2.62. The van der Waals surface area contributed by atoms with Gasteiger partial charge in [-0.1, -0.05) is 102 Å². The average Bonchev–Trinajstić information content (AvgIpc) is 1.72. The van der Waals surface area contributed by atoms with Crippen molar-refractivity contribution >= 4 is 82.9 Å². The SMILES string of the molecule is [2H]c1c(C([2H])([2H])C(C)C)c(C([2H])([2H])[2H])c(C)[n+](C)c1-c1c(C)ccc2c1oc1c(C)c([N+]#[C-])ccc12.[2H]c1c(C([2H])([2H])C(C)C)c(C([2H])([2H])[2H])c(C)[n+](C)c1-c1c(C)ccc2c1oc1cc([N+]#[C-])c(C)cc12.[2H]c1c(C)c(C([2H])(C)C([2H])([2H])[2H])c(C)[n+](C)c1-c1c(C)cc(C([2H])([2H])[2H])c2c1oc1cc([N+]#[C-])ccc12. The Hall–Kier alpha value is -9.36. The van der Waals surface area contributed by atoms with Crippen LogP contribution in [0.4, 0.5) is 17.1 Å². The van der Waals surface area contributed by atoms with Gasteiger partial charge in [-0.05, 0) is 155 Å². The fourth-order valence-corrected chi connectivity index (χ4v) is 12.0. The third-order valence-electron chi connectivity index (χ3n) is 16.9. The van der Waals surface area contributed by atoms with Crippen molar-refractivity contribution in [2.75, 3.05) is 0 Å². The lowest BCUT2D eigenvalue weighted by Gasteiger charge is -2.15. The predicted octanol–water partition coefficient (Wildman–Crippen LogP) is 21.1. The summed E-state index contributed by atoms with van der Waals surface area (Å²) in [5, 5.41) is 4.26. The molecule has 89 heavy (non-hydrogen) atoms.